The van der Waals surface area contributed by atoms with Crippen molar-refractivity contribution in [2.24, 2.45) is 0 Å². The smallest absolute Gasteiger partial charge is 0.165 e. The van der Waals surface area contributed by atoms with Crippen LogP contribution in [0.15, 0.2) is 18.2 Å². The first-order chi connectivity index (χ1) is 9.24. The summed E-state index contributed by atoms with van der Waals surface area (Å²) in [5, 5.41) is 13.0. The van der Waals surface area contributed by atoms with Gasteiger partial charge in [-0.05, 0) is 38.2 Å². The van der Waals surface area contributed by atoms with Crippen LogP contribution in [0.2, 0.25) is 0 Å². The van der Waals surface area contributed by atoms with Gasteiger partial charge in [0.05, 0.1) is 7.11 Å². The van der Waals surface area contributed by atoms with Gasteiger partial charge in [0.2, 0.25) is 0 Å². The highest BCUT2D eigenvalue weighted by atomic mass is 32.1. The molecule has 0 saturated carbocycles. The maximum absolute atomic E-state index is 13.6. The summed E-state index contributed by atoms with van der Waals surface area (Å²) in [6.07, 6.45) is 1.90. The SMILES string of the molecule is CNCCCc1nnc(-c2ccc(OC)c(F)c2)s1. The second-order valence-corrected chi connectivity index (χ2v) is 5.12. The normalized spacial score (nSPS) is 10.7. The van der Waals surface area contributed by atoms with E-state index < -0.39 is 0 Å². The van der Waals surface area contributed by atoms with Crippen molar-refractivity contribution >= 4 is 11.3 Å². The molecule has 0 radical (unpaired) electrons. The number of hydrogen-bond acceptors (Lipinski definition) is 5. The largest absolute Gasteiger partial charge is 0.494 e. The number of hydrogen-bond donors (Lipinski definition) is 1. The summed E-state index contributed by atoms with van der Waals surface area (Å²) in [4.78, 5) is 0. The van der Waals surface area contributed by atoms with E-state index in [4.69, 9.17) is 4.74 Å². The fourth-order valence-corrected chi connectivity index (χ4v) is 2.56. The van der Waals surface area contributed by atoms with Crippen LogP contribution in [0.3, 0.4) is 0 Å². The molecule has 0 spiro atoms. The first-order valence-corrected chi connectivity index (χ1v) is 6.87. The molecule has 0 aliphatic heterocycles. The van der Waals surface area contributed by atoms with E-state index in [0.717, 1.165) is 35.0 Å². The maximum Gasteiger partial charge on any atom is 0.165 e. The van der Waals surface area contributed by atoms with Crippen molar-refractivity contribution in [3.63, 3.8) is 0 Å². The third-order valence-corrected chi connectivity index (χ3v) is 3.72. The summed E-state index contributed by atoms with van der Waals surface area (Å²) in [5.41, 5.74) is 0.732. The van der Waals surface area contributed by atoms with E-state index in [1.165, 1.54) is 24.5 Å². The van der Waals surface area contributed by atoms with Crippen molar-refractivity contribution in [3.05, 3.63) is 29.0 Å². The van der Waals surface area contributed by atoms with Crippen LogP contribution in [-0.2, 0) is 6.42 Å². The van der Waals surface area contributed by atoms with Gasteiger partial charge in [0.25, 0.3) is 0 Å². The van der Waals surface area contributed by atoms with Crippen LogP contribution in [0, 0.1) is 5.82 Å². The van der Waals surface area contributed by atoms with Crippen molar-refractivity contribution in [1.29, 1.82) is 0 Å². The predicted octanol–water partition coefficient (Wildman–Crippen LogP) is 2.50. The molecule has 1 aromatic heterocycles. The molecule has 0 aliphatic rings. The number of aromatic nitrogens is 2. The number of nitrogens with one attached hydrogen (secondary N) is 1. The van der Waals surface area contributed by atoms with Crippen LogP contribution < -0.4 is 10.1 Å². The first kappa shape index (κ1) is 13.9. The molecule has 1 N–H and O–H groups in total. The topological polar surface area (TPSA) is 47.0 Å². The lowest BCUT2D eigenvalue weighted by molar-refractivity contribution is 0.386. The number of nitrogens with zero attached hydrogens (tertiary/aromatic N) is 2. The molecule has 0 aliphatic carbocycles. The minimum atomic E-state index is -0.382. The van der Waals surface area contributed by atoms with Gasteiger partial charge in [-0.3, -0.25) is 0 Å². The van der Waals surface area contributed by atoms with Crippen LogP contribution in [-0.4, -0.2) is 30.9 Å². The lowest BCUT2D eigenvalue weighted by Crippen LogP contribution is -2.08. The zero-order valence-electron chi connectivity index (χ0n) is 10.9. The minimum Gasteiger partial charge on any atom is -0.494 e. The van der Waals surface area contributed by atoms with E-state index in [2.05, 4.69) is 15.5 Å². The molecule has 2 aromatic rings. The molecule has 0 amide bonds. The molecule has 1 aromatic carbocycles. The Bertz CT molecular complexity index is 544. The molecule has 6 heteroatoms. The third kappa shape index (κ3) is 3.48. The molecular weight excluding hydrogens is 265 g/mol. The Kier molecular flexibility index (Phi) is 4.81. The second kappa shape index (κ2) is 6.58. The second-order valence-electron chi connectivity index (χ2n) is 4.06. The van der Waals surface area contributed by atoms with Gasteiger partial charge in [0.15, 0.2) is 11.6 Å². The van der Waals surface area contributed by atoms with E-state index in [-0.39, 0.29) is 11.6 Å². The Morgan fingerprint density at radius 2 is 2.21 bits per heavy atom. The summed E-state index contributed by atoms with van der Waals surface area (Å²) < 4.78 is 18.5. The molecular formula is C13H16FN3OS. The Hall–Kier alpha value is -1.53. The van der Waals surface area contributed by atoms with Crippen LogP contribution in [0.4, 0.5) is 4.39 Å². The lowest BCUT2D eigenvalue weighted by Gasteiger charge is -2.02. The lowest BCUT2D eigenvalue weighted by atomic mass is 10.2. The average molecular weight is 281 g/mol. The average Bonchev–Trinajstić information content (AvgIpc) is 2.88. The fourth-order valence-electron chi connectivity index (χ4n) is 1.69. The molecule has 19 heavy (non-hydrogen) atoms. The van der Waals surface area contributed by atoms with Crippen LogP contribution in [0.25, 0.3) is 10.6 Å². The molecule has 0 saturated heterocycles. The van der Waals surface area contributed by atoms with Crippen LogP contribution in [0.5, 0.6) is 5.75 Å². The highest BCUT2D eigenvalue weighted by Gasteiger charge is 2.10. The van der Waals surface area contributed by atoms with Crippen molar-refractivity contribution in [2.45, 2.75) is 12.8 Å². The molecule has 4 nitrogen and oxygen atoms in total. The number of methoxy groups -OCH3 is 1. The zero-order chi connectivity index (χ0) is 13.7. The Labute approximate surface area is 115 Å². The van der Waals surface area contributed by atoms with Crippen LogP contribution in [0.1, 0.15) is 11.4 Å². The van der Waals surface area contributed by atoms with E-state index in [9.17, 15) is 4.39 Å². The van der Waals surface area contributed by atoms with Gasteiger partial charge in [-0.1, -0.05) is 11.3 Å². The van der Waals surface area contributed by atoms with E-state index >= 15 is 0 Å². The van der Waals surface area contributed by atoms with Gasteiger partial charge in [-0.2, -0.15) is 0 Å². The Balaban J connectivity index is 2.11. The van der Waals surface area contributed by atoms with Gasteiger partial charge < -0.3 is 10.1 Å². The van der Waals surface area contributed by atoms with Crippen molar-refractivity contribution in [1.82, 2.24) is 15.5 Å². The summed E-state index contributed by atoms with van der Waals surface area (Å²) in [6.45, 7) is 0.950. The molecule has 0 unspecified atom stereocenters. The standard InChI is InChI=1S/C13H16FN3OS/c1-15-7-3-4-12-16-17-13(19-12)9-5-6-11(18-2)10(14)8-9/h5-6,8,15H,3-4,7H2,1-2H3. The van der Waals surface area contributed by atoms with Gasteiger partial charge in [-0.15, -0.1) is 10.2 Å². The third-order valence-electron chi connectivity index (χ3n) is 2.68. The van der Waals surface area contributed by atoms with Gasteiger partial charge in [-0.25, -0.2) is 4.39 Å². The van der Waals surface area contributed by atoms with Crippen LogP contribution >= 0.6 is 11.3 Å². The van der Waals surface area contributed by atoms with E-state index in [1.54, 1.807) is 12.1 Å². The van der Waals surface area contributed by atoms with Crippen molar-refractivity contribution in [2.75, 3.05) is 20.7 Å². The number of benzene rings is 1. The number of rotatable bonds is 6. The molecule has 1 heterocycles. The molecule has 0 atom stereocenters. The molecule has 2 rings (SSSR count). The number of halogens is 1. The maximum atomic E-state index is 13.6. The minimum absolute atomic E-state index is 0.238. The number of ether oxygens (including phenoxy) is 1. The first-order valence-electron chi connectivity index (χ1n) is 6.05. The summed E-state index contributed by atoms with van der Waals surface area (Å²) in [5.74, 6) is -0.144. The summed E-state index contributed by atoms with van der Waals surface area (Å²) >= 11 is 1.50. The summed E-state index contributed by atoms with van der Waals surface area (Å²) in [6, 6.07) is 4.82. The number of aryl methyl sites for hydroxylation is 1. The fraction of sp³-hybridized carbons (Fsp3) is 0.385. The Morgan fingerprint density at radius 3 is 2.89 bits per heavy atom. The molecule has 0 bridgehead atoms. The zero-order valence-corrected chi connectivity index (χ0v) is 11.8. The highest BCUT2D eigenvalue weighted by molar-refractivity contribution is 7.14. The van der Waals surface area contributed by atoms with Gasteiger partial charge in [0, 0.05) is 12.0 Å². The molecule has 0 fully saturated rings. The Morgan fingerprint density at radius 1 is 1.37 bits per heavy atom. The van der Waals surface area contributed by atoms with E-state index in [1.807, 2.05) is 7.05 Å². The quantitative estimate of drug-likeness (QED) is 0.826. The van der Waals surface area contributed by atoms with E-state index in [0.29, 0.717) is 0 Å². The van der Waals surface area contributed by atoms with Gasteiger partial charge in [0.1, 0.15) is 10.0 Å². The monoisotopic (exact) mass is 281 g/mol. The van der Waals surface area contributed by atoms with Gasteiger partial charge >= 0.3 is 0 Å². The van der Waals surface area contributed by atoms with Crippen molar-refractivity contribution in [3.8, 4) is 16.3 Å². The highest BCUT2D eigenvalue weighted by Crippen LogP contribution is 2.28. The molecule has 102 valence electrons. The summed E-state index contributed by atoms with van der Waals surface area (Å²) in [7, 11) is 3.37. The van der Waals surface area contributed by atoms with Crippen molar-refractivity contribution < 1.29 is 9.13 Å². The predicted molar refractivity (Wildman–Crippen MR) is 74.1 cm³/mol.